The Kier molecular flexibility index (Phi) is 5.92. The van der Waals surface area contributed by atoms with Crippen molar-refractivity contribution in [2.24, 2.45) is 0 Å². The molecule has 0 atom stereocenters. The van der Waals surface area contributed by atoms with E-state index in [0.29, 0.717) is 0 Å². The van der Waals surface area contributed by atoms with Gasteiger partial charge in [-0.1, -0.05) is 12.1 Å². The van der Waals surface area contributed by atoms with Crippen molar-refractivity contribution in [1.82, 2.24) is 14.5 Å². The standard InChI is InChI=1S/C23H30N4OS/c1-17-15-21(22-16-29-23(24-22)26-13-11-25(3)12-14-26)18(2)27(17)10-9-19-5-7-20(28-4)8-6-19/h5-8,15-16H,9-14H2,1-4H3. The number of methoxy groups -OCH3 is 1. The number of hydrogen-bond donors (Lipinski definition) is 0. The van der Waals surface area contributed by atoms with Crippen molar-refractivity contribution in [2.75, 3.05) is 45.2 Å². The van der Waals surface area contributed by atoms with Crippen LogP contribution in [-0.2, 0) is 13.0 Å². The molecule has 1 aliphatic heterocycles. The number of anilines is 1. The fourth-order valence-electron chi connectivity index (χ4n) is 3.97. The van der Waals surface area contributed by atoms with E-state index in [1.54, 1.807) is 18.4 Å². The first-order valence-electron chi connectivity index (χ1n) is 10.2. The monoisotopic (exact) mass is 410 g/mol. The highest BCUT2D eigenvalue weighted by Gasteiger charge is 2.19. The lowest BCUT2D eigenvalue weighted by Gasteiger charge is -2.32. The molecule has 3 heterocycles. The summed E-state index contributed by atoms with van der Waals surface area (Å²) in [4.78, 5) is 9.77. The predicted octanol–water partition coefficient (Wildman–Crippen LogP) is 4.23. The summed E-state index contributed by atoms with van der Waals surface area (Å²) in [6.07, 6.45) is 1.00. The molecule has 4 rings (SSSR count). The van der Waals surface area contributed by atoms with E-state index in [0.717, 1.165) is 55.7 Å². The van der Waals surface area contributed by atoms with Crippen molar-refractivity contribution in [3.63, 3.8) is 0 Å². The van der Waals surface area contributed by atoms with Crippen LogP contribution in [0.25, 0.3) is 11.3 Å². The SMILES string of the molecule is COc1ccc(CCn2c(C)cc(-c3csc(N4CCN(C)CC4)n3)c2C)cc1. The minimum atomic E-state index is 0.907. The van der Waals surface area contributed by atoms with Gasteiger partial charge in [-0.2, -0.15) is 0 Å². The number of ether oxygens (including phenoxy) is 1. The van der Waals surface area contributed by atoms with E-state index in [1.807, 2.05) is 12.1 Å². The maximum atomic E-state index is 5.26. The van der Waals surface area contributed by atoms with E-state index < -0.39 is 0 Å². The Labute approximate surface area is 177 Å². The van der Waals surface area contributed by atoms with Crippen LogP contribution in [0.5, 0.6) is 5.75 Å². The summed E-state index contributed by atoms with van der Waals surface area (Å²) in [6, 6.07) is 10.6. The molecular formula is C23H30N4OS. The summed E-state index contributed by atoms with van der Waals surface area (Å²) in [7, 11) is 3.89. The zero-order valence-corrected chi connectivity index (χ0v) is 18.6. The van der Waals surface area contributed by atoms with Gasteiger partial charge in [-0.05, 0) is 51.1 Å². The molecule has 0 saturated carbocycles. The first kappa shape index (κ1) is 20.0. The molecule has 6 heteroatoms. The molecule has 154 valence electrons. The van der Waals surface area contributed by atoms with E-state index in [4.69, 9.17) is 9.72 Å². The van der Waals surface area contributed by atoms with E-state index in [9.17, 15) is 0 Å². The molecule has 1 aromatic carbocycles. The fraction of sp³-hybridized carbons (Fsp3) is 0.435. The van der Waals surface area contributed by atoms with Crippen molar-refractivity contribution in [3.05, 3.63) is 52.7 Å². The van der Waals surface area contributed by atoms with Gasteiger partial charge in [0, 0.05) is 55.1 Å². The van der Waals surface area contributed by atoms with Crippen molar-refractivity contribution in [2.45, 2.75) is 26.8 Å². The predicted molar refractivity (Wildman–Crippen MR) is 121 cm³/mol. The van der Waals surface area contributed by atoms with Gasteiger partial charge in [0.05, 0.1) is 12.8 Å². The molecule has 0 aliphatic carbocycles. The van der Waals surface area contributed by atoms with E-state index in [-0.39, 0.29) is 0 Å². The highest BCUT2D eigenvalue weighted by atomic mass is 32.1. The summed E-state index contributed by atoms with van der Waals surface area (Å²) in [5.41, 5.74) is 6.28. The molecule has 0 radical (unpaired) electrons. The van der Waals surface area contributed by atoms with Gasteiger partial charge >= 0.3 is 0 Å². The minimum absolute atomic E-state index is 0.907. The Morgan fingerprint density at radius 3 is 2.48 bits per heavy atom. The zero-order valence-electron chi connectivity index (χ0n) is 17.8. The summed E-state index contributed by atoms with van der Waals surface area (Å²) in [5, 5.41) is 3.36. The Bertz CT molecular complexity index is 952. The van der Waals surface area contributed by atoms with Gasteiger partial charge in [-0.25, -0.2) is 4.98 Å². The van der Waals surface area contributed by atoms with Crippen LogP contribution in [0.3, 0.4) is 0 Å². The van der Waals surface area contributed by atoms with Gasteiger partial charge in [-0.15, -0.1) is 11.3 Å². The molecular weight excluding hydrogens is 380 g/mol. The maximum absolute atomic E-state index is 5.26. The average Bonchev–Trinajstić information content (AvgIpc) is 3.32. The Hall–Kier alpha value is -2.31. The summed E-state index contributed by atoms with van der Waals surface area (Å²) in [5.74, 6) is 0.907. The molecule has 5 nitrogen and oxygen atoms in total. The lowest BCUT2D eigenvalue weighted by atomic mass is 10.1. The number of rotatable bonds is 6. The van der Waals surface area contributed by atoms with E-state index in [1.165, 1.54) is 22.5 Å². The van der Waals surface area contributed by atoms with Crippen LogP contribution in [0.15, 0.2) is 35.7 Å². The highest BCUT2D eigenvalue weighted by molar-refractivity contribution is 7.14. The molecule has 0 amide bonds. The van der Waals surface area contributed by atoms with Crippen molar-refractivity contribution >= 4 is 16.5 Å². The van der Waals surface area contributed by atoms with Gasteiger partial charge in [0.15, 0.2) is 5.13 Å². The summed E-state index contributed by atoms with van der Waals surface area (Å²) < 4.78 is 7.67. The molecule has 1 saturated heterocycles. The Balaban J connectivity index is 1.48. The number of thiazole rings is 1. The van der Waals surface area contributed by atoms with Crippen LogP contribution in [0.1, 0.15) is 17.0 Å². The topological polar surface area (TPSA) is 33.5 Å². The quantitative estimate of drug-likeness (QED) is 0.609. The van der Waals surface area contributed by atoms with Gasteiger partial charge < -0.3 is 19.1 Å². The number of aryl methyl sites for hydroxylation is 2. The van der Waals surface area contributed by atoms with Gasteiger partial charge in [0.1, 0.15) is 5.75 Å². The molecule has 0 unspecified atom stereocenters. The van der Waals surface area contributed by atoms with Crippen LogP contribution < -0.4 is 9.64 Å². The van der Waals surface area contributed by atoms with Crippen molar-refractivity contribution < 1.29 is 4.74 Å². The van der Waals surface area contributed by atoms with Crippen molar-refractivity contribution in [3.8, 4) is 17.0 Å². The summed E-state index contributed by atoms with van der Waals surface area (Å²) in [6.45, 7) is 9.71. The number of likely N-dealkylation sites (N-methyl/N-ethyl adjacent to an activating group) is 1. The number of nitrogens with zero attached hydrogens (tertiary/aromatic N) is 4. The van der Waals surface area contributed by atoms with Crippen LogP contribution in [0.2, 0.25) is 0 Å². The third-order valence-electron chi connectivity index (χ3n) is 5.90. The lowest BCUT2D eigenvalue weighted by molar-refractivity contribution is 0.313. The first-order chi connectivity index (χ1) is 14.0. The second kappa shape index (κ2) is 8.59. The number of benzene rings is 1. The second-order valence-corrected chi connectivity index (χ2v) is 8.68. The zero-order chi connectivity index (χ0) is 20.4. The largest absolute Gasteiger partial charge is 0.497 e. The molecule has 29 heavy (non-hydrogen) atoms. The minimum Gasteiger partial charge on any atom is -0.497 e. The average molecular weight is 411 g/mol. The third kappa shape index (κ3) is 4.33. The number of hydrogen-bond acceptors (Lipinski definition) is 5. The van der Waals surface area contributed by atoms with Gasteiger partial charge in [-0.3, -0.25) is 0 Å². The van der Waals surface area contributed by atoms with Crippen LogP contribution in [0, 0.1) is 13.8 Å². The third-order valence-corrected chi connectivity index (χ3v) is 6.80. The number of piperazine rings is 1. The molecule has 0 bridgehead atoms. The summed E-state index contributed by atoms with van der Waals surface area (Å²) >= 11 is 1.76. The molecule has 0 spiro atoms. The van der Waals surface area contributed by atoms with Gasteiger partial charge in [0.2, 0.25) is 0 Å². The maximum Gasteiger partial charge on any atom is 0.185 e. The van der Waals surface area contributed by atoms with Crippen LogP contribution in [-0.4, -0.2) is 54.8 Å². The van der Waals surface area contributed by atoms with E-state index in [2.05, 4.69) is 58.8 Å². The fourth-order valence-corrected chi connectivity index (χ4v) is 4.85. The normalized spacial score (nSPS) is 15.1. The second-order valence-electron chi connectivity index (χ2n) is 7.84. The highest BCUT2D eigenvalue weighted by Crippen LogP contribution is 2.32. The molecule has 3 aromatic rings. The lowest BCUT2D eigenvalue weighted by Crippen LogP contribution is -2.44. The number of aromatic nitrogens is 2. The van der Waals surface area contributed by atoms with Crippen LogP contribution >= 0.6 is 11.3 Å². The Morgan fingerprint density at radius 1 is 1.07 bits per heavy atom. The smallest absolute Gasteiger partial charge is 0.185 e. The molecule has 1 aliphatic rings. The molecule has 2 aromatic heterocycles. The first-order valence-corrected chi connectivity index (χ1v) is 11.1. The van der Waals surface area contributed by atoms with Gasteiger partial charge in [0.25, 0.3) is 0 Å². The van der Waals surface area contributed by atoms with E-state index >= 15 is 0 Å². The van der Waals surface area contributed by atoms with Crippen LogP contribution in [0.4, 0.5) is 5.13 Å². The molecule has 1 fully saturated rings. The molecule has 0 N–H and O–H groups in total. The van der Waals surface area contributed by atoms with Crippen molar-refractivity contribution in [1.29, 1.82) is 0 Å². The Morgan fingerprint density at radius 2 is 1.79 bits per heavy atom.